The maximum absolute atomic E-state index is 4.16. The minimum atomic E-state index is 0.782. The first-order valence-electron chi connectivity index (χ1n) is 4.84. The number of hydrogen-bond acceptors (Lipinski definition) is 3. The van der Waals surface area contributed by atoms with Crippen molar-refractivity contribution in [2.24, 2.45) is 0 Å². The van der Waals surface area contributed by atoms with Crippen molar-refractivity contribution < 1.29 is 0 Å². The van der Waals surface area contributed by atoms with Crippen molar-refractivity contribution in [2.75, 3.05) is 0 Å². The molecule has 0 fully saturated rings. The molecule has 16 heavy (non-hydrogen) atoms. The topological polar surface area (TPSA) is 30.7 Å². The Labute approximate surface area is 105 Å². The number of thiophene rings is 1. The van der Waals surface area contributed by atoms with Crippen LogP contribution in [-0.4, -0.2) is 15.0 Å². The van der Waals surface area contributed by atoms with Gasteiger partial charge in [0.25, 0.3) is 0 Å². The Kier molecular flexibility index (Phi) is 2.49. The van der Waals surface area contributed by atoms with Gasteiger partial charge in [0.15, 0.2) is 0 Å². The Morgan fingerprint density at radius 3 is 3.06 bits per heavy atom. The average molecular weight is 294 g/mol. The zero-order chi connectivity index (χ0) is 11.0. The van der Waals surface area contributed by atoms with E-state index in [-0.39, 0.29) is 0 Å². The second-order valence-electron chi connectivity index (χ2n) is 3.46. The molecule has 2 heterocycles. The smallest absolute Gasteiger partial charge is 0.113 e. The molecule has 2 aromatic heterocycles. The molecule has 0 saturated heterocycles. The van der Waals surface area contributed by atoms with Crippen molar-refractivity contribution >= 4 is 38.3 Å². The molecule has 0 unspecified atom stereocenters. The summed E-state index contributed by atoms with van der Waals surface area (Å²) in [7, 11) is 0. The van der Waals surface area contributed by atoms with Crippen LogP contribution in [0.4, 0.5) is 0 Å². The molecule has 3 nitrogen and oxygen atoms in total. The van der Waals surface area contributed by atoms with Gasteiger partial charge < -0.3 is 0 Å². The third-order valence-corrected chi connectivity index (χ3v) is 3.72. The summed E-state index contributed by atoms with van der Waals surface area (Å²) in [5.74, 6) is 0. The van der Waals surface area contributed by atoms with Crippen molar-refractivity contribution in [1.29, 1.82) is 0 Å². The molecule has 3 aromatic rings. The average Bonchev–Trinajstić information content (AvgIpc) is 2.90. The third-order valence-electron chi connectivity index (χ3n) is 2.36. The Bertz CT molecular complexity index is 615. The van der Waals surface area contributed by atoms with Crippen LogP contribution < -0.4 is 0 Å². The van der Waals surface area contributed by atoms with Gasteiger partial charge in [-0.15, -0.1) is 16.4 Å². The van der Waals surface area contributed by atoms with E-state index in [4.69, 9.17) is 0 Å². The Morgan fingerprint density at radius 2 is 2.25 bits per heavy atom. The molecule has 0 aliphatic rings. The lowest BCUT2D eigenvalue weighted by atomic mass is 10.3. The number of fused-ring (bicyclic) bond motifs is 1. The minimum absolute atomic E-state index is 0.782. The molecule has 0 spiro atoms. The van der Waals surface area contributed by atoms with Crippen molar-refractivity contribution in [1.82, 2.24) is 15.0 Å². The van der Waals surface area contributed by atoms with Gasteiger partial charge in [-0.2, -0.15) is 0 Å². The van der Waals surface area contributed by atoms with Crippen LogP contribution in [0.2, 0.25) is 0 Å². The van der Waals surface area contributed by atoms with Gasteiger partial charge in [0.05, 0.1) is 12.1 Å². The van der Waals surface area contributed by atoms with E-state index in [9.17, 15) is 0 Å². The first-order chi connectivity index (χ1) is 7.83. The summed E-state index contributed by atoms with van der Waals surface area (Å²) in [6.45, 7) is 0.782. The molecular weight excluding hydrogens is 286 g/mol. The van der Waals surface area contributed by atoms with Gasteiger partial charge >= 0.3 is 0 Å². The normalized spacial score (nSPS) is 11.1. The number of nitrogens with zero attached hydrogens (tertiary/aromatic N) is 3. The predicted molar refractivity (Wildman–Crippen MR) is 68.6 cm³/mol. The Hall–Kier alpha value is -1.20. The van der Waals surface area contributed by atoms with Gasteiger partial charge in [0.2, 0.25) is 0 Å². The van der Waals surface area contributed by atoms with E-state index in [1.807, 2.05) is 22.9 Å². The lowest BCUT2D eigenvalue weighted by Crippen LogP contribution is -1.99. The standard InChI is InChI=1S/C11H8BrN3S/c12-8-3-4-10-11(6-8)15(14-13-10)7-9-2-1-5-16-9/h1-6H,7H2. The third kappa shape index (κ3) is 1.76. The summed E-state index contributed by atoms with van der Waals surface area (Å²) in [5.41, 5.74) is 1.99. The summed E-state index contributed by atoms with van der Waals surface area (Å²) in [5, 5.41) is 10.4. The zero-order valence-corrected chi connectivity index (χ0v) is 10.7. The predicted octanol–water partition coefficient (Wildman–Crippen LogP) is 3.30. The van der Waals surface area contributed by atoms with E-state index in [0.717, 1.165) is 22.1 Å². The van der Waals surface area contributed by atoms with E-state index < -0.39 is 0 Å². The van der Waals surface area contributed by atoms with E-state index in [1.165, 1.54) is 4.88 Å². The van der Waals surface area contributed by atoms with Gasteiger partial charge in [0, 0.05) is 9.35 Å². The molecule has 3 rings (SSSR count). The SMILES string of the molecule is Brc1ccc2nnn(Cc3cccs3)c2c1. The molecule has 80 valence electrons. The fraction of sp³-hybridized carbons (Fsp3) is 0.0909. The van der Waals surface area contributed by atoms with Crippen molar-refractivity contribution in [3.05, 3.63) is 45.1 Å². The first-order valence-corrected chi connectivity index (χ1v) is 6.51. The van der Waals surface area contributed by atoms with Gasteiger partial charge in [-0.25, -0.2) is 4.68 Å². The highest BCUT2D eigenvalue weighted by Crippen LogP contribution is 2.19. The summed E-state index contributed by atoms with van der Waals surface area (Å²) in [6, 6.07) is 10.2. The van der Waals surface area contributed by atoms with Gasteiger partial charge in [-0.05, 0) is 29.6 Å². The van der Waals surface area contributed by atoms with Crippen LogP contribution in [0.15, 0.2) is 40.2 Å². The Balaban J connectivity index is 2.07. The van der Waals surface area contributed by atoms with E-state index in [0.29, 0.717) is 0 Å². The largest absolute Gasteiger partial charge is 0.239 e. The summed E-state index contributed by atoms with van der Waals surface area (Å²) < 4.78 is 2.97. The second kappa shape index (κ2) is 3.99. The molecule has 0 N–H and O–H groups in total. The van der Waals surface area contributed by atoms with E-state index in [2.05, 4.69) is 43.8 Å². The highest BCUT2D eigenvalue weighted by Gasteiger charge is 2.05. The number of hydrogen-bond donors (Lipinski definition) is 0. The van der Waals surface area contributed by atoms with E-state index in [1.54, 1.807) is 11.3 Å². The molecule has 0 aliphatic carbocycles. The van der Waals surface area contributed by atoms with Crippen molar-refractivity contribution in [3.8, 4) is 0 Å². The summed E-state index contributed by atoms with van der Waals surface area (Å²) in [4.78, 5) is 1.28. The number of halogens is 1. The maximum Gasteiger partial charge on any atom is 0.113 e. The molecule has 0 aliphatic heterocycles. The summed E-state index contributed by atoms with van der Waals surface area (Å²) in [6.07, 6.45) is 0. The molecular formula is C11H8BrN3S. The number of aromatic nitrogens is 3. The molecule has 0 bridgehead atoms. The Morgan fingerprint density at radius 1 is 1.31 bits per heavy atom. The van der Waals surface area contributed by atoms with Crippen LogP contribution in [-0.2, 0) is 6.54 Å². The maximum atomic E-state index is 4.16. The fourth-order valence-electron chi connectivity index (χ4n) is 1.61. The lowest BCUT2D eigenvalue weighted by Gasteiger charge is -1.99. The van der Waals surface area contributed by atoms with E-state index >= 15 is 0 Å². The second-order valence-corrected chi connectivity index (χ2v) is 5.41. The van der Waals surface area contributed by atoms with Crippen LogP contribution in [0.1, 0.15) is 4.88 Å². The fourth-order valence-corrected chi connectivity index (χ4v) is 2.64. The number of benzene rings is 1. The molecule has 0 saturated carbocycles. The van der Waals surface area contributed by atoms with Crippen molar-refractivity contribution in [2.45, 2.75) is 6.54 Å². The highest BCUT2D eigenvalue weighted by atomic mass is 79.9. The molecule has 0 amide bonds. The monoisotopic (exact) mass is 293 g/mol. The molecule has 1 aromatic carbocycles. The van der Waals surface area contributed by atoms with Gasteiger partial charge in [-0.3, -0.25) is 0 Å². The molecule has 5 heteroatoms. The number of rotatable bonds is 2. The van der Waals surface area contributed by atoms with Crippen LogP contribution >= 0.6 is 27.3 Å². The van der Waals surface area contributed by atoms with Crippen LogP contribution in [0.5, 0.6) is 0 Å². The first kappa shape index (κ1) is 9.99. The zero-order valence-electron chi connectivity index (χ0n) is 8.30. The van der Waals surface area contributed by atoms with Gasteiger partial charge in [0.1, 0.15) is 5.52 Å². The van der Waals surface area contributed by atoms with Crippen LogP contribution in [0.3, 0.4) is 0 Å². The van der Waals surface area contributed by atoms with Gasteiger partial charge in [-0.1, -0.05) is 27.2 Å². The van der Waals surface area contributed by atoms with Crippen molar-refractivity contribution in [3.63, 3.8) is 0 Å². The van der Waals surface area contributed by atoms with Crippen LogP contribution in [0, 0.1) is 0 Å². The minimum Gasteiger partial charge on any atom is -0.239 e. The molecule has 0 radical (unpaired) electrons. The highest BCUT2D eigenvalue weighted by molar-refractivity contribution is 9.10. The summed E-state index contributed by atoms with van der Waals surface area (Å²) >= 11 is 5.20. The quantitative estimate of drug-likeness (QED) is 0.726. The molecule has 0 atom stereocenters. The van der Waals surface area contributed by atoms with Crippen LogP contribution in [0.25, 0.3) is 11.0 Å². The lowest BCUT2D eigenvalue weighted by molar-refractivity contribution is 0.676.